The fourth-order valence-electron chi connectivity index (χ4n) is 2.54. The average molecular weight is 345 g/mol. The number of anilines is 1. The second-order valence-electron chi connectivity index (χ2n) is 5.74. The predicted molar refractivity (Wildman–Crippen MR) is 94.8 cm³/mol. The molecule has 25 heavy (non-hydrogen) atoms. The quantitative estimate of drug-likeness (QED) is 0.712. The second kappa shape index (κ2) is 8.94. The van der Waals surface area contributed by atoms with E-state index in [1.807, 2.05) is 25.1 Å². The summed E-state index contributed by atoms with van der Waals surface area (Å²) in [6.07, 6.45) is -0.764. The molecule has 6 heteroatoms. The van der Waals surface area contributed by atoms with Gasteiger partial charge in [0.1, 0.15) is 6.10 Å². The third-order valence-electron chi connectivity index (χ3n) is 3.89. The van der Waals surface area contributed by atoms with Gasteiger partial charge in [-0.2, -0.15) is 0 Å². The Hall–Kier alpha value is -2.73. The van der Waals surface area contributed by atoms with Gasteiger partial charge < -0.3 is 19.7 Å². The largest absolute Gasteiger partial charge is 0.504 e. The topological polar surface area (TPSA) is 88.0 Å². The number of hydrogen-bond acceptors (Lipinski definition) is 5. The van der Waals surface area contributed by atoms with Gasteiger partial charge in [0.25, 0.3) is 0 Å². The van der Waals surface area contributed by atoms with Crippen LogP contribution in [-0.2, 0) is 4.74 Å². The molecule has 0 radical (unpaired) electrons. The van der Waals surface area contributed by atoms with Crippen LogP contribution in [0.1, 0.15) is 25.0 Å². The fraction of sp³-hybridized carbons (Fsp3) is 0.316. The van der Waals surface area contributed by atoms with Crippen molar-refractivity contribution < 1.29 is 24.5 Å². The molecule has 0 bridgehead atoms. The summed E-state index contributed by atoms with van der Waals surface area (Å²) in [6.45, 7) is 1.85. The summed E-state index contributed by atoms with van der Waals surface area (Å²) < 4.78 is 10.6. The van der Waals surface area contributed by atoms with Crippen molar-refractivity contribution in [2.24, 2.45) is 5.92 Å². The highest BCUT2D eigenvalue weighted by atomic mass is 16.6. The van der Waals surface area contributed by atoms with Crippen LogP contribution >= 0.6 is 0 Å². The van der Waals surface area contributed by atoms with Gasteiger partial charge in [-0.3, -0.25) is 5.32 Å². The molecule has 2 rings (SSSR count). The van der Waals surface area contributed by atoms with Crippen LogP contribution in [0.5, 0.6) is 11.5 Å². The van der Waals surface area contributed by atoms with Crippen molar-refractivity contribution in [1.82, 2.24) is 0 Å². The van der Waals surface area contributed by atoms with Crippen molar-refractivity contribution in [3.05, 3.63) is 54.1 Å². The molecule has 3 N–H and O–H groups in total. The first-order chi connectivity index (χ1) is 12.0. The number of phenolic OH excluding ortho intramolecular Hbond substituents is 1. The minimum absolute atomic E-state index is 0.0243. The van der Waals surface area contributed by atoms with Crippen molar-refractivity contribution in [3.8, 4) is 11.5 Å². The number of benzene rings is 2. The van der Waals surface area contributed by atoms with Crippen LogP contribution < -0.4 is 10.1 Å². The van der Waals surface area contributed by atoms with Crippen molar-refractivity contribution >= 4 is 11.8 Å². The third kappa shape index (κ3) is 5.12. The molecule has 0 aliphatic carbocycles. The minimum atomic E-state index is -0.618. The molecule has 0 unspecified atom stereocenters. The molecule has 6 nitrogen and oxygen atoms in total. The molecule has 134 valence electrons. The number of methoxy groups -OCH3 is 1. The van der Waals surface area contributed by atoms with Gasteiger partial charge in [-0.1, -0.05) is 31.2 Å². The Bertz CT molecular complexity index is 689. The Morgan fingerprint density at radius 3 is 2.52 bits per heavy atom. The van der Waals surface area contributed by atoms with E-state index >= 15 is 0 Å². The molecule has 0 aliphatic rings. The Kier molecular flexibility index (Phi) is 6.65. The predicted octanol–water partition coefficient (Wildman–Crippen LogP) is 3.71. The van der Waals surface area contributed by atoms with E-state index in [2.05, 4.69) is 5.32 Å². The summed E-state index contributed by atoms with van der Waals surface area (Å²) in [5.41, 5.74) is 1.25. The molecule has 0 spiro atoms. The number of hydrogen-bond donors (Lipinski definition) is 3. The maximum absolute atomic E-state index is 12.2. The van der Waals surface area contributed by atoms with Crippen LogP contribution in [-0.4, -0.2) is 30.0 Å². The van der Waals surface area contributed by atoms with E-state index in [0.717, 1.165) is 0 Å². The number of aliphatic hydroxyl groups is 1. The second-order valence-corrected chi connectivity index (χ2v) is 5.74. The van der Waals surface area contributed by atoms with E-state index in [1.54, 1.807) is 24.3 Å². The van der Waals surface area contributed by atoms with E-state index in [0.29, 0.717) is 23.4 Å². The van der Waals surface area contributed by atoms with Gasteiger partial charge in [0.15, 0.2) is 11.5 Å². The highest BCUT2D eigenvalue weighted by Crippen LogP contribution is 2.34. The Morgan fingerprint density at radius 1 is 1.20 bits per heavy atom. The summed E-state index contributed by atoms with van der Waals surface area (Å²) in [5, 5.41) is 21.9. The molecule has 2 aromatic carbocycles. The lowest BCUT2D eigenvalue weighted by atomic mass is 9.94. The molecular formula is C19H23NO5. The van der Waals surface area contributed by atoms with E-state index in [-0.39, 0.29) is 18.3 Å². The molecule has 0 aliphatic heterocycles. The number of phenols is 1. The normalized spacial score (nSPS) is 12.9. The maximum atomic E-state index is 12.2. The van der Waals surface area contributed by atoms with Crippen molar-refractivity contribution in [2.45, 2.75) is 19.4 Å². The molecule has 0 saturated carbocycles. The smallest absolute Gasteiger partial charge is 0.412 e. The lowest BCUT2D eigenvalue weighted by Gasteiger charge is -2.24. The third-order valence-corrected chi connectivity index (χ3v) is 3.89. The summed E-state index contributed by atoms with van der Waals surface area (Å²) >= 11 is 0. The van der Waals surface area contributed by atoms with Gasteiger partial charge in [0.05, 0.1) is 7.11 Å². The zero-order valence-electron chi connectivity index (χ0n) is 14.3. The molecular weight excluding hydrogens is 322 g/mol. The Morgan fingerprint density at radius 2 is 1.92 bits per heavy atom. The van der Waals surface area contributed by atoms with Crippen LogP contribution in [0.15, 0.2) is 48.5 Å². The van der Waals surface area contributed by atoms with E-state index in [9.17, 15) is 15.0 Å². The molecule has 2 aromatic rings. The highest BCUT2D eigenvalue weighted by molar-refractivity contribution is 5.84. The molecule has 2 atom stereocenters. The van der Waals surface area contributed by atoms with E-state index < -0.39 is 12.2 Å². The maximum Gasteiger partial charge on any atom is 0.412 e. The number of aromatic hydroxyl groups is 1. The molecule has 1 amide bonds. The van der Waals surface area contributed by atoms with Gasteiger partial charge in [0, 0.05) is 12.3 Å². The zero-order valence-corrected chi connectivity index (χ0v) is 14.3. The fourth-order valence-corrected chi connectivity index (χ4v) is 2.54. The average Bonchev–Trinajstić information content (AvgIpc) is 2.60. The first-order valence-corrected chi connectivity index (χ1v) is 8.05. The number of aliphatic hydroxyl groups excluding tert-OH is 1. The van der Waals surface area contributed by atoms with Crippen molar-refractivity contribution in [3.63, 3.8) is 0 Å². The summed E-state index contributed by atoms with van der Waals surface area (Å²) in [6, 6.07) is 13.8. The number of para-hydroxylation sites is 1. The monoisotopic (exact) mass is 345 g/mol. The van der Waals surface area contributed by atoms with Crippen molar-refractivity contribution in [2.75, 3.05) is 19.0 Å². The van der Waals surface area contributed by atoms with Crippen molar-refractivity contribution in [1.29, 1.82) is 0 Å². The molecule has 0 fully saturated rings. The number of carbonyl (C=O) groups excluding carboxylic acids is 1. The molecule has 0 saturated heterocycles. The first kappa shape index (κ1) is 18.6. The number of ether oxygens (including phenoxy) is 2. The highest BCUT2D eigenvalue weighted by Gasteiger charge is 2.24. The van der Waals surface area contributed by atoms with Gasteiger partial charge >= 0.3 is 6.09 Å². The van der Waals surface area contributed by atoms with Crippen LogP contribution in [0.2, 0.25) is 0 Å². The van der Waals surface area contributed by atoms with Gasteiger partial charge in [0.2, 0.25) is 0 Å². The summed E-state index contributed by atoms with van der Waals surface area (Å²) in [7, 11) is 1.46. The van der Waals surface area contributed by atoms with Crippen LogP contribution in [0.25, 0.3) is 0 Å². The number of nitrogens with one attached hydrogen (secondary N) is 1. The lowest BCUT2D eigenvalue weighted by Crippen LogP contribution is -2.22. The SMILES string of the molecule is COc1ccc([C@@H](OC(=O)Nc2ccccc2)[C@@H](C)CCO)cc1O. The first-order valence-electron chi connectivity index (χ1n) is 8.05. The van der Waals surface area contributed by atoms with Crippen LogP contribution in [0.3, 0.4) is 0 Å². The number of amides is 1. The summed E-state index contributed by atoms with van der Waals surface area (Å²) in [4.78, 5) is 12.2. The van der Waals surface area contributed by atoms with E-state index in [4.69, 9.17) is 9.47 Å². The van der Waals surface area contributed by atoms with E-state index in [1.165, 1.54) is 13.2 Å². The molecule has 0 heterocycles. The van der Waals surface area contributed by atoms with Crippen LogP contribution in [0.4, 0.5) is 10.5 Å². The Balaban J connectivity index is 2.18. The standard InChI is InChI=1S/C19H23NO5/c1-13(10-11-21)18(14-8-9-17(24-2)16(22)12-14)25-19(23)20-15-6-4-3-5-7-15/h3-9,12-13,18,21-22H,10-11H2,1-2H3,(H,20,23)/t13-,18-/m0/s1. The van der Waals surface area contributed by atoms with Gasteiger partial charge in [-0.05, 0) is 42.2 Å². The lowest BCUT2D eigenvalue weighted by molar-refractivity contribution is 0.0666. The minimum Gasteiger partial charge on any atom is -0.504 e. The number of rotatable bonds is 7. The Labute approximate surface area is 147 Å². The number of carbonyl (C=O) groups is 1. The zero-order chi connectivity index (χ0) is 18.2. The summed E-state index contributed by atoms with van der Waals surface area (Å²) in [5.74, 6) is 0.165. The molecule has 0 aromatic heterocycles. The van der Waals surface area contributed by atoms with Crippen LogP contribution in [0, 0.1) is 5.92 Å². The van der Waals surface area contributed by atoms with Gasteiger partial charge in [-0.25, -0.2) is 4.79 Å². The van der Waals surface area contributed by atoms with Gasteiger partial charge in [-0.15, -0.1) is 0 Å².